The number of Topliss-reactive ketones (excluding diaryl/α,β-unsaturated/α-hetero) is 2. The molecule has 3 aliphatic carbocycles. The van der Waals surface area contributed by atoms with Gasteiger partial charge >= 0.3 is 11.9 Å². The van der Waals surface area contributed by atoms with Crippen LogP contribution in [0, 0.1) is 16.7 Å². The quantitative estimate of drug-likeness (QED) is 0.437. The van der Waals surface area contributed by atoms with E-state index in [4.69, 9.17) is 18.9 Å². The highest BCUT2D eigenvalue weighted by Crippen LogP contribution is 2.62. The minimum absolute atomic E-state index is 0.00448. The van der Waals surface area contributed by atoms with E-state index >= 15 is 0 Å². The summed E-state index contributed by atoms with van der Waals surface area (Å²) in [7, 11) is 1.47. The Balaban J connectivity index is 1.75. The van der Waals surface area contributed by atoms with Gasteiger partial charge in [0.25, 0.3) is 0 Å². The van der Waals surface area contributed by atoms with Crippen LogP contribution in [0.4, 0.5) is 0 Å². The van der Waals surface area contributed by atoms with E-state index in [0.717, 1.165) is 0 Å². The molecule has 5 rings (SSSR count). The van der Waals surface area contributed by atoms with E-state index in [9.17, 15) is 24.3 Å². The molecular formula is C27H33NO9. The molecule has 0 spiro atoms. The molecule has 0 unspecified atom stereocenters. The van der Waals surface area contributed by atoms with Crippen LogP contribution in [0.3, 0.4) is 0 Å². The Hall–Kier alpha value is -2.98. The number of nitrogens with zero attached hydrogens (tertiary/aromatic N) is 1. The first kappa shape index (κ1) is 25.7. The summed E-state index contributed by atoms with van der Waals surface area (Å²) in [6, 6.07) is 0. The van der Waals surface area contributed by atoms with Gasteiger partial charge in [-0.05, 0) is 18.9 Å². The molecule has 0 aromatic carbocycles. The Kier molecular flexibility index (Phi) is 6.31. The van der Waals surface area contributed by atoms with Crippen molar-refractivity contribution in [3.63, 3.8) is 0 Å². The lowest BCUT2D eigenvalue weighted by atomic mass is 9.53. The van der Waals surface area contributed by atoms with Gasteiger partial charge in [0.15, 0.2) is 5.76 Å². The van der Waals surface area contributed by atoms with Crippen LogP contribution >= 0.6 is 0 Å². The smallest absolute Gasteiger partial charge is 0.340 e. The lowest BCUT2D eigenvalue weighted by Gasteiger charge is -2.53. The molecule has 2 saturated heterocycles. The predicted molar refractivity (Wildman–Crippen MR) is 128 cm³/mol. The summed E-state index contributed by atoms with van der Waals surface area (Å²) >= 11 is 0. The summed E-state index contributed by atoms with van der Waals surface area (Å²) in [6.07, 6.45) is 0.766. The van der Waals surface area contributed by atoms with Crippen LogP contribution in [-0.2, 0) is 38.1 Å². The van der Waals surface area contributed by atoms with E-state index in [2.05, 4.69) is 0 Å². The third-order valence-electron chi connectivity index (χ3n) is 8.78. The maximum Gasteiger partial charge on any atom is 0.340 e. The summed E-state index contributed by atoms with van der Waals surface area (Å²) in [5.41, 5.74) is -1.14. The molecule has 3 fully saturated rings. The lowest BCUT2D eigenvalue weighted by molar-refractivity contribution is -0.160. The van der Waals surface area contributed by atoms with Crippen molar-refractivity contribution in [3.05, 3.63) is 34.3 Å². The minimum Gasteiger partial charge on any atom is -0.504 e. The molecule has 1 N–H and O–H groups in total. The number of carbonyl (C=O) groups excluding carboxylic acids is 4. The molecule has 37 heavy (non-hydrogen) atoms. The zero-order valence-corrected chi connectivity index (χ0v) is 21.6. The number of allylic oxidation sites excluding steroid dienone is 1. The number of ketones is 2. The lowest BCUT2D eigenvalue weighted by Crippen LogP contribution is -2.57. The van der Waals surface area contributed by atoms with E-state index in [1.54, 1.807) is 20.0 Å². The van der Waals surface area contributed by atoms with E-state index in [1.807, 2.05) is 4.90 Å². The maximum absolute atomic E-state index is 13.9. The van der Waals surface area contributed by atoms with Crippen molar-refractivity contribution in [1.29, 1.82) is 0 Å². The number of carbonyl (C=O) groups is 4. The minimum atomic E-state index is -1.23. The molecule has 200 valence electrons. The molecule has 2 heterocycles. The number of aliphatic hydroxyl groups is 1. The second-order valence-corrected chi connectivity index (χ2v) is 10.9. The first-order valence-electron chi connectivity index (χ1n) is 12.7. The Morgan fingerprint density at radius 3 is 2.57 bits per heavy atom. The van der Waals surface area contributed by atoms with E-state index in [1.165, 1.54) is 14.0 Å². The van der Waals surface area contributed by atoms with Crippen LogP contribution in [0.25, 0.3) is 0 Å². The van der Waals surface area contributed by atoms with Gasteiger partial charge in [-0.3, -0.25) is 14.4 Å². The number of methoxy groups -OCH3 is 1. The molecule has 0 radical (unpaired) electrons. The van der Waals surface area contributed by atoms with Gasteiger partial charge in [0.2, 0.25) is 5.78 Å². The van der Waals surface area contributed by atoms with Gasteiger partial charge in [0, 0.05) is 68.6 Å². The zero-order chi connectivity index (χ0) is 26.7. The van der Waals surface area contributed by atoms with Crippen molar-refractivity contribution in [2.75, 3.05) is 40.0 Å². The summed E-state index contributed by atoms with van der Waals surface area (Å²) in [5, 5.41) is 11.5. The Bertz CT molecular complexity index is 1160. The first-order valence-corrected chi connectivity index (χ1v) is 12.7. The Labute approximate surface area is 215 Å². The molecule has 2 aliphatic heterocycles. The van der Waals surface area contributed by atoms with Crippen LogP contribution in [0.1, 0.15) is 40.0 Å². The standard InChI is InChI=1S/C27H33NO9/c1-14(29)36-17-11-26(2)16(5-6-18(26)30)20-22(17)27(3)19(13-34-4)37-25(33)15(21(27)24(32)23(20)31)12-28-7-9-35-10-8-28/h12,16-17,19,32H,5-11,13H2,1-4H3/b15-12-/t16-,17+,19+,26-,27-/m0/s1. The molecule has 5 aliphatic rings. The van der Waals surface area contributed by atoms with Crippen molar-refractivity contribution in [1.82, 2.24) is 4.90 Å². The van der Waals surface area contributed by atoms with Gasteiger partial charge in [0.1, 0.15) is 18.0 Å². The third kappa shape index (κ3) is 3.75. The highest BCUT2D eigenvalue weighted by atomic mass is 16.6. The number of rotatable bonds is 4. The third-order valence-corrected chi connectivity index (χ3v) is 8.78. The average molecular weight is 516 g/mol. The average Bonchev–Trinajstić information content (AvgIpc) is 3.14. The van der Waals surface area contributed by atoms with Gasteiger partial charge in [-0.1, -0.05) is 6.92 Å². The number of aliphatic hydroxyl groups excluding tert-OH is 1. The summed E-state index contributed by atoms with van der Waals surface area (Å²) in [4.78, 5) is 54.4. The number of esters is 2. The second kappa shape index (κ2) is 9.09. The summed E-state index contributed by atoms with van der Waals surface area (Å²) < 4.78 is 22.5. The fourth-order valence-electron chi connectivity index (χ4n) is 6.97. The fourth-order valence-corrected chi connectivity index (χ4v) is 6.97. The first-order chi connectivity index (χ1) is 17.5. The highest BCUT2D eigenvalue weighted by Gasteiger charge is 2.64. The highest BCUT2D eigenvalue weighted by molar-refractivity contribution is 6.14. The number of hydrogen-bond donors (Lipinski definition) is 1. The molecule has 0 amide bonds. The normalized spacial score (nSPS) is 36.9. The zero-order valence-electron chi connectivity index (χ0n) is 21.6. The van der Waals surface area contributed by atoms with Crippen molar-refractivity contribution in [2.45, 2.75) is 52.2 Å². The van der Waals surface area contributed by atoms with E-state index < -0.39 is 52.4 Å². The van der Waals surface area contributed by atoms with Crippen molar-refractivity contribution in [3.8, 4) is 0 Å². The summed E-state index contributed by atoms with van der Waals surface area (Å²) in [5.74, 6) is -2.84. The van der Waals surface area contributed by atoms with Gasteiger partial charge in [-0.25, -0.2) is 4.79 Å². The molecule has 0 aromatic rings. The molecule has 0 bridgehead atoms. The number of cyclic esters (lactones) is 1. The SMILES string of the molecule is COC[C@H]1OC(=O)/C(=C\N2CCOCC2)C2=C(O)C(=O)C3=C([C@H](OC(C)=O)C[C@]4(C)C(=O)CC[C@@H]34)[C@]21C. The predicted octanol–water partition coefficient (Wildman–Crippen LogP) is 1.79. The maximum atomic E-state index is 13.9. The van der Waals surface area contributed by atoms with Gasteiger partial charge in [-0.15, -0.1) is 0 Å². The van der Waals surface area contributed by atoms with E-state index in [0.29, 0.717) is 50.3 Å². The monoisotopic (exact) mass is 515 g/mol. The van der Waals surface area contributed by atoms with Gasteiger partial charge in [-0.2, -0.15) is 0 Å². The number of hydrogen-bond acceptors (Lipinski definition) is 10. The van der Waals surface area contributed by atoms with Crippen molar-refractivity contribution in [2.24, 2.45) is 16.7 Å². The number of morpholine rings is 1. The van der Waals surface area contributed by atoms with E-state index in [-0.39, 0.29) is 30.0 Å². The Morgan fingerprint density at radius 2 is 1.92 bits per heavy atom. The van der Waals surface area contributed by atoms with Crippen LogP contribution in [0.5, 0.6) is 0 Å². The van der Waals surface area contributed by atoms with Gasteiger partial charge in [0.05, 0.1) is 30.8 Å². The molecule has 1 saturated carbocycles. The topological polar surface area (TPSA) is 129 Å². The van der Waals surface area contributed by atoms with Crippen molar-refractivity contribution < 1.29 is 43.2 Å². The largest absolute Gasteiger partial charge is 0.504 e. The number of ether oxygens (including phenoxy) is 4. The van der Waals surface area contributed by atoms with Crippen LogP contribution in [-0.4, -0.2) is 85.7 Å². The molecule has 10 heteroatoms. The molecule has 10 nitrogen and oxygen atoms in total. The molecule has 0 aromatic heterocycles. The molecule has 5 atom stereocenters. The number of fused-ring (bicyclic) bond motifs is 4. The van der Waals surface area contributed by atoms with Crippen LogP contribution in [0.2, 0.25) is 0 Å². The second-order valence-electron chi connectivity index (χ2n) is 10.9. The van der Waals surface area contributed by atoms with Crippen LogP contribution in [0.15, 0.2) is 34.3 Å². The van der Waals surface area contributed by atoms with Crippen LogP contribution < -0.4 is 0 Å². The van der Waals surface area contributed by atoms with Crippen molar-refractivity contribution >= 4 is 23.5 Å². The fraction of sp³-hybridized carbons (Fsp3) is 0.630. The Morgan fingerprint density at radius 1 is 1.22 bits per heavy atom. The molecular weight excluding hydrogens is 482 g/mol. The summed E-state index contributed by atoms with van der Waals surface area (Å²) in [6.45, 7) is 6.88. The van der Waals surface area contributed by atoms with Gasteiger partial charge < -0.3 is 29.0 Å².